The number of aromatic nitrogens is 1. The Morgan fingerprint density at radius 1 is 1.04 bits per heavy atom. The van der Waals surface area contributed by atoms with Crippen molar-refractivity contribution in [3.05, 3.63) is 41.8 Å². The smallest absolute Gasteiger partial charge is 0.228 e. The Bertz CT molecular complexity index is 816. The average molecular weight is 382 g/mol. The molecule has 150 valence electrons. The molecular weight excluding hydrogens is 350 g/mol. The number of likely N-dealkylation sites (N-methyl/N-ethyl adjacent to an activating group) is 1. The lowest BCUT2D eigenvalue weighted by atomic mass is 10.0. The van der Waals surface area contributed by atoms with Crippen molar-refractivity contribution in [2.45, 2.75) is 51.1 Å². The van der Waals surface area contributed by atoms with Gasteiger partial charge in [0.25, 0.3) is 0 Å². The van der Waals surface area contributed by atoms with Crippen molar-refractivity contribution in [1.82, 2.24) is 14.8 Å². The van der Waals surface area contributed by atoms with Gasteiger partial charge in [-0.1, -0.05) is 18.2 Å². The van der Waals surface area contributed by atoms with E-state index in [1.165, 1.54) is 12.8 Å². The molecule has 1 aromatic heterocycles. The highest BCUT2D eigenvalue weighted by Crippen LogP contribution is 2.46. The fraction of sp³-hybridized carbons (Fsp3) is 0.565. The van der Waals surface area contributed by atoms with E-state index in [0.717, 1.165) is 41.7 Å². The number of amides is 1. The second-order valence-corrected chi connectivity index (χ2v) is 8.80. The number of hydrogen-bond donors (Lipinski definition) is 0. The number of benzene rings is 1. The molecule has 0 bridgehead atoms. The maximum Gasteiger partial charge on any atom is 0.228 e. The first-order valence-corrected chi connectivity index (χ1v) is 10.4. The van der Waals surface area contributed by atoms with Gasteiger partial charge in [0.2, 0.25) is 11.8 Å². The third-order valence-corrected chi connectivity index (χ3v) is 6.87. The number of rotatable bonds is 5. The molecule has 0 spiro atoms. The Morgan fingerprint density at radius 2 is 1.64 bits per heavy atom. The number of aryl methyl sites for hydroxylation is 1. The lowest BCUT2D eigenvalue weighted by molar-refractivity contribution is -0.131. The Morgan fingerprint density at radius 3 is 2.25 bits per heavy atom. The molecule has 28 heavy (non-hydrogen) atoms. The van der Waals surface area contributed by atoms with Crippen molar-refractivity contribution >= 4 is 5.91 Å². The van der Waals surface area contributed by atoms with Crippen LogP contribution in [0.2, 0.25) is 0 Å². The van der Waals surface area contributed by atoms with E-state index in [1.54, 1.807) is 0 Å². The van der Waals surface area contributed by atoms with Crippen LogP contribution in [0.15, 0.2) is 34.7 Å². The molecule has 5 heteroatoms. The molecule has 2 fully saturated rings. The second kappa shape index (κ2) is 7.70. The highest BCUT2D eigenvalue weighted by Gasteiger charge is 2.44. The summed E-state index contributed by atoms with van der Waals surface area (Å²) in [5, 5.41) is 0. The van der Waals surface area contributed by atoms with Gasteiger partial charge in [0.1, 0.15) is 5.76 Å². The normalized spacial score (nSPS) is 26.6. The van der Waals surface area contributed by atoms with Gasteiger partial charge in [-0.3, -0.25) is 4.79 Å². The van der Waals surface area contributed by atoms with Crippen molar-refractivity contribution in [2.24, 2.45) is 11.8 Å². The van der Waals surface area contributed by atoms with E-state index in [9.17, 15) is 4.79 Å². The van der Waals surface area contributed by atoms with Gasteiger partial charge in [0.05, 0.1) is 12.1 Å². The highest BCUT2D eigenvalue weighted by atomic mass is 16.4. The number of nitrogens with zero attached hydrogens (tertiary/aromatic N) is 3. The molecular formula is C23H31N3O2. The van der Waals surface area contributed by atoms with Crippen LogP contribution in [0.4, 0.5) is 0 Å². The number of carbonyl (C=O) groups excluding carboxylic acids is 1. The summed E-state index contributed by atoms with van der Waals surface area (Å²) in [6.07, 6.45) is 5.15. The van der Waals surface area contributed by atoms with Crippen molar-refractivity contribution in [1.29, 1.82) is 0 Å². The van der Waals surface area contributed by atoms with Gasteiger partial charge in [-0.15, -0.1) is 0 Å². The summed E-state index contributed by atoms with van der Waals surface area (Å²) < 4.78 is 5.82. The molecule has 0 aliphatic heterocycles. The Kier molecular flexibility index (Phi) is 5.28. The predicted molar refractivity (Wildman–Crippen MR) is 110 cm³/mol. The summed E-state index contributed by atoms with van der Waals surface area (Å²) in [4.78, 5) is 21.9. The SMILES string of the molecule is Cc1oc(-c2ccccc2)nc1CC(=O)N(C)C1C[C@H]2CC(N(C)C)C[C@H]2C1. The van der Waals surface area contributed by atoms with Crippen LogP contribution in [-0.4, -0.2) is 53.9 Å². The summed E-state index contributed by atoms with van der Waals surface area (Å²) in [5.41, 5.74) is 1.69. The zero-order valence-electron chi connectivity index (χ0n) is 17.4. The summed E-state index contributed by atoms with van der Waals surface area (Å²) in [6, 6.07) is 10.9. The van der Waals surface area contributed by atoms with E-state index in [1.807, 2.05) is 49.2 Å². The monoisotopic (exact) mass is 381 g/mol. The largest absolute Gasteiger partial charge is 0.441 e. The molecule has 5 nitrogen and oxygen atoms in total. The minimum absolute atomic E-state index is 0.144. The third kappa shape index (κ3) is 3.72. The Balaban J connectivity index is 1.38. The van der Waals surface area contributed by atoms with Crippen LogP contribution in [0.1, 0.15) is 37.1 Å². The Labute approximate surface area is 167 Å². The summed E-state index contributed by atoms with van der Waals surface area (Å²) >= 11 is 0. The van der Waals surface area contributed by atoms with Gasteiger partial charge in [-0.2, -0.15) is 0 Å². The van der Waals surface area contributed by atoms with E-state index in [-0.39, 0.29) is 5.91 Å². The molecule has 1 aromatic carbocycles. The third-order valence-electron chi connectivity index (χ3n) is 6.87. The molecule has 1 amide bonds. The molecule has 0 radical (unpaired) electrons. The van der Waals surface area contributed by atoms with Crippen LogP contribution in [0.25, 0.3) is 11.5 Å². The molecule has 0 saturated heterocycles. The van der Waals surface area contributed by atoms with E-state index >= 15 is 0 Å². The lowest BCUT2D eigenvalue weighted by Crippen LogP contribution is -2.37. The van der Waals surface area contributed by atoms with Gasteiger partial charge in [-0.25, -0.2) is 4.98 Å². The molecule has 2 unspecified atom stereocenters. The maximum absolute atomic E-state index is 12.9. The fourth-order valence-corrected chi connectivity index (χ4v) is 5.06. The summed E-state index contributed by atoms with van der Waals surface area (Å²) in [7, 11) is 6.33. The molecule has 2 saturated carbocycles. The quantitative estimate of drug-likeness (QED) is 0.791. The van der Waals surface area contributed by atoms with Crippen LogP contribution in [0.3, 0.4) is 0 Å². The topological polar surface area (TPSA) is 49.6 Å². The van der Waals surface area contributed by atoms with Crippen LogP contribution in [0, 0.1) is 18.8 Å². The van der Waals surface area contributed by atoms with Crippen molar-refractivity contribution in [3.8, 4) is 11.5 Å². The van der Waals surface area contributed by atoms with Crippen LogP contribution < -0.4 is 0 Å². The zero-order chi connectivity index (χ0) is 19.8. The molecule has 4 rings (SSSR count). The molecule has 2 aliphatic rings. The van der Waals surface area contributed by atoms with Gasteiger partial charge < -0.3 is 14.2 Å². The van der Waals surface area contributed by atoms with Gasteiger partial charge in [0.15, 0.2) is 0 Å². The molecule has 4 atom stereocenters. The van der Waals surface area contributed by atoms with Gasteiger partial charge in [0, 0.05) is 24.7 Å². The van der Waals surface area contributed by atoms with E-state index in [0.29, 0.717) is 24.4 Å². The number of hydrogen-bond acceptors (Lipinski definition) is 4. The van der Waals surface area contributed by atoms with Crippen LogP contribution in [0.5, 0.6) is 0 Å². The van der Waals surface area contributed by atoms with Gasteiger partial charge in [-0.05, 0) is 70.7 Å². The molecule has 0 N–H and O–H groups in total. The first-order valence-electron chi connectivity index (χ1n) is 10.4. The minimum atomic E-state index is 0.144. The van der Waals surface area contributed by atoms with Gasteiger partial charge >= 0.3 is 0 Å². The van der Waals surface area contributed by atoms with Crippen molar-refractivity contribution in [2.75, 3.05) is 21.1 Å². The number of fused-ring (bicyclic) bond motifs is 1. The minimum Gasteiger partial charge on any atom is -0.441 e. The standard InChI is InChI=1S/C23H31N3O2/c1-15-21(24-23(28-15)16-8-6-5-7-9-16)14-22(27)26(4)20-12-17-10-19(25(2)3)11-18(17)13-20/h5-9,17-20H,10-14H2,1-4H3/t17-,18+,19?,20?. The first kappa shape index (κ1) is 19.2. The second-order valence-electron chi connectivity index (χ2n) is 8.80. The molecule has 2 aromatic rings. The summed E-state index contributed by atoms with van der Waals surface area (Å²) in [6.45, 7) is 1.89. The average Bonchev–Trinajstić information content (AvgIpc) is 3.35. The van der Waals surface area contributed by atoms with Crippen LogP contribution >= 0.6 is 0 Å². The van der Waals surface area contributed by atoms with E-state index in [2.05, 4.69) is 24.0 Å². The lowest BCUT2D eigenvalue weighted by Gasteiger charge is -2.27. The number of carbonyl (C=O) groups is 1. The molecule has 2 aliphatic carbocycles. The first-order chi connectivity index (χ1) is 13.4. The Hall–Kier alpha value is -2.14. The van der Waals surface area contributed by atoms with E-state index in [4.69, 9.17) is 4.42 Å². The molecule has 1 heterocycles. The summed E-state index contributed by atoms with van der Waals surface area (Å²) in [5.74, 6) is 3.01. The maximum atomic E-state index is 12.9. The van der Waals surface area contributed by atoms with Crippen molar-refractivity contribution < 1.29 is 9.21 Å². The number of oxazole rings is 1. The van der Waals surface area contributed by atoms with E-state index < -0.39 is 0 Å². The fourth-order valence-electron chi connectivity index (χ4n) is 5.06. The van der Waals surface area contributed by atoms with Crippen LogP contribution in [-0.2, 0) is 11.2 Å². The highest BCUT2D eigenvalue weighted by molar-refractivity contribution is 5.78. The predicted octanol–water partition coefficient (Wildman–Crippen LogP) is 3.77. The van der Waals surface area contributed by atoms with Crippen molar-refractivity contribution in [3.63, 3.8) is 0 Å². The zero-order valence-corrected chi connectivity index (χ0v) is 17.4.